The van der Waals surface area contributed by atoms with E-state index in [1.807, 2.05) is 0 Å². The molecule has 6 heteroatoms. The van der Waals surface area contributed by atoms with E-state index in [4.69, 9.17) is 5.11 Å². The summed E-state index contributed by atoms with van der Waals surface area (Å²) in [5, 5.41) is 11.8. The number of carbonyl (C=O) groups is 3. The van der Waals surface area contributed by atoms with Crippen LogP contribution in [0.1, 0.15) is 28.8 Å². The van der Waals surface area contributed by atoms with Crippen LogP contribution in [0, 0.1) is 0 Å². The molecule has 0 spiro atoms. The summed E-state index contributed by atoms with van der Waals surface area (Å²) in [5.74, 6) is -1.37. The molecule has 2 amide bonds. The molecule has 2 N–H and O–H groups in total. The van der Waals surface area contributed by atoms with Gasteiger partial charge in [0.05, 0.1) is 12.0 Å². The lowest BCUT2D eigenvalue weighted by atomic mass is 10.1. The zero-order valence-electron chi connectivity index (χ0n) is 10.8. The number of carboxylic acid groups (broad SMARTS) is 1. The SMILES string of the molecule is O=C(CN1C(=O)Cc2cc(C(=O)O)ccc21)NC1CC1. The quantitative estimate of drug-likeness (QED) is 0.839. The van der Waals surface area contributed by atoms with E-state index in [2.05, 4.69) is 5.32 Å². The number of benzene rings is 1. The van der Waals surface area contributed by atoms with E-state index < -0.39 is 5.97 Å². The highest BCUT2D eigenvalue weighted by atomic mass is 16.4. The van der Waals surface area contributed by atoms with E-state index in [1.165, 1.54) is 17.0 Å². The Bertz CT molecular complexity index is 607. The average Bonchev–Trinajstić information content (AvgIpc) is 3.14. The Hall–Kier alpha value is -2.37. The molecule has 6 nitrogen and oxygen atoms in total. The first-order valence-electron chi connectivity index (χ1n) is 6.50. The van der Waals surface area contributed by atoms with Gasteiger partial charge in [0.1, 0.15) is 6.54 Å². The third-order valence-electron chi connectivity index (χ3n) is 3.50. The topological polar surface area (TPSA) is 86.7 Å². The highest BCUT2D eigenvalue weighted by Gasteiger charge is 2.31. The van der Waals surface area contributed by atoms with Crippen molar-refractivity contribution in [2.24, 2.45) is 0 Å². The van der Waals surface area contributed by atoms with Crippen LogP contribution in [0.2, 0.25) is 0 Å². The molecule has 3 rings (SSSR count). The monoisotopic (exact) mass is 274 g/mol. The first-order chi connectivity index (χ1) is 9.54. The number of fused-ring (bicyclic) bond motifs is 1. The maximum absolute atomic E-state index is 11.9. The van der Waals surface area contributed by atoms with Crippen molar-refractivity contribution in [3.8, 4) is 0 Å². The number of carboxylic acids is 1. The third kappa shape index (κ3) is 2.36. The highest BCUT2D eigenvalue weighted by Crippen LogP contribution is 2.29. The zero-order valence-corrected chi connectivity index (χ0v) is 10.8. The van der Waals surface area contributed by atoms with Crippen molar-refractivity contribution in [1.29, 1.82) is 0 Å². The van der Waals surface area contributed by atoms with Gasteiger partial charge in [-0.3, -0.25) is 9.59 Å². The Morgan fingerprint density at radius 2 is 2.10 bits per heavy atom. The number of nitrogens with zero attached hydrogens (tertiary/aromatic N) is 1. The number of aromatic carboxylic acids is 1. The van der Waals surface area contributed by atoms with Crippen molar-refractivity contribution < 1.29 is 19.5 Å². The Kier molecular flexibility index (Phi) is 2.93. The maximum Gasteiger partial charge on any atom is 0.335 e. The molecule has 1 fully saturated rings. The zero-order chi connectivity index (χ0) is 14.3. The smallest absolute Gasteiger partial charge is 0.335 e. The summed E-state index contributed by atoms with van der Waals surface area (Å²) in [4.78, 5) is 36.1. The molecular formula is C14H14N2O4. The van der Waals surface area contributed by atoms with Gasteiger partial charge in [0.15, 0.2) is 0 Å². The predicted octanol–water partition coefficient (Wildman–Crippen LogP) is 0.552. The summed E-state index contributed by atoms with van der Waals surface area (Å²) >= 11 is 0. The number of amides is 2. The van der Waals surface area contributed by atoms with Crippen molar-refractivity contribution in [1.82, 2.24) is 5.32 Å². The van der Waals surface area contributed by atoms with Gasteiger partial charge >= 0.3 is 5.97 Å². The molecule has 1 saturated carbocycles. The van der Waals surface area contributed by atoms with E-state index in [0.717, 1.165) is 12.8 Å². The summed E-state index contributed by atoms with van der Waals surface area (Å²) in [6.45, 7) is -0.00521. The maximum atomic E-state index is 11.9. The van der Waals surface area contributed by atoms with E-state index in [1.54, 1.807) is 6.07 Å². The average molecular weight is 274 g/mol. The Morgan fingerprint density at radius 1 is 1.35 bits per heavy atom. The molecule has 0 atom stereocenters. The van der Waals surface area contributed by atoms with Gasteiger partial charge < -0.3 is 15.3 Å². The van der Waals surface area contributed by atoms with E-state index >= 15 is 0 Å². The van der Waals surface area contributed by atoms with Crippen LogP contribution in [0.5, 0.6) is 0 Å². The minimum atomic E-state index is -1.02. The largest absolute Gasteiger partial charge is 0.478 e. The Labute approximate surface area is 115 Å². The molecular weight excluding hydrogens is 260 g/mol. The molecule has 1 heterocycles. The van der Waals surface area contributed by atoms with E-state index in [9.17, 15) is 14.4 Å². The number of nitrogens with one attached hydrogen (secondary N) is 1. The number of hydrogen-bond acceptors (Lipinski definition) is 3. The van der Waals surface area contributed by atoms with Gasteiger partial charge in [-0.15, -0.1) is 0 Å². The van der Waals surface area contributed by atoms with Gasteiger partial charge in [-0.1, -0.05) is 0 Å². The third-order valence-corrected chi connectivity index (χ3v) is 3.50. The van der Waals surface area contributed by atoms with Gasteiger partial charge in [0, 0.05) is 11.7 Å². The van der Waals surface area contributed by atoms with Crippen LogP contribution in [0.3, 0.4) is 0 Å². The molecule has 0 saturated heterocycles. The molecule has 20 heavy (non-hydrogen) atoms. The summed E-state index contributed by atoms with van der Waals surface area (Å²) < 4.78 is 0. The Morgan fingerprint density at radius 3 is 2.75 bits per heavy atom. The summed E-state index contributed by atoms with van der Waals surface area (Å²) in [6, 6.07) is 4.79. The molecule has 1 aromatic rings. The van der Waals surface area contributed by atoms with Crippen LogP contribution in [0.4, 0.5) is 5.69 Å². The standard InChI is InChI=1S/C14H14N2O4/c17-12(15-10-2-3-10)7-16-11-4-1-8(14(19)20)5-9(11)6-13(16)18/h1,4-5,10H,2-3,6-7H2,(H,15,17)(H,19,20). The lowest BCUT2D eigenvalue weighted by molar-refractivity contribution is -0.123. The van der Waals surface area contributed by atoms with Crippen LogP contribution >= 0.6 is 0 Å². The molecule has 0 aromatic heterocycles. The van der Waals surface area contributed by atoms with Gasteiger partial charge in [-0.05, 0) is 36.6 Å². The molecule has 0 unspecified atom stereocenters. The van der Waals surface area contributed by atoms with E-state index in [0.29, 0.717) is 11.3 Å². The minimum Gasteiger partial charge on any atom is -0.478 e. The number of anilines is 1. The number of hydrogen-bond donors (Lipinski definition) is 2. The first-order valence-corrected chi connectivity index (χ1v) is 6.50. The summed E-state index contributed by atoms with van der Waals surface area (Å²) in [5.41, 5.74) is 1.45. The van der Waals surface area contributed by atoms with Gasteiger partial charge in [0.25, 0.3) is 0 Å². The lowest BCUT2D eigenvalue weighted by Gasteiger charge is -2.17. The van der Waals surface area contributed by atoms with Crippen molar-refractivity contribution in [3.05, 3.63) is 29.3 Å². The molecule has 0 radical (unpaired) electrons. The summed E-state index contributed by atoms with van der Waals surface area (Å²) in [7, 11) is 0. The fourth-order valence-electron chi connectivity index (χ4n) is 2.33. The fraction of sp³-hybridized carbons (Fsp3) is 0.357. The molecule has 1 aliphatic carbocycles. The summed E-state index contributed by atoms with van der Waals surface area (Å²) in [6.07, 6.45) is 2.14. The van der Waals surface area contributed by atoms with Crippen LogP contribution in [-0.4, -0.2) is 35.5 Å². The van der Waals surface area contributed by atoms with Gasteiger partial charge in [-0.2, -0.15) is 0 Å². The van der Waals surface area contributed by atoms with Gasteiger partial charge in [-0.25, -0.2) is 4.79 Å². The van der Waals surface area contributed by atoms with Crippen molar-refractivity contribution >= 4 is 23.5 Å². The predicted molar refractivity (Wildman–Crippen MR) is 70.6 cm³/mol. The van der Waals surface area contributed by atoms with Crippen molar-refractivity contribution in [2.45, 2.75) is 25.3 Å². The second kappa shape index (κ2) is 4.63. The van der Waals surface area contributed by atoms with Crippen molar-refractivity contribution in [2.75, 3.05) is 11.4 Å². The minimum absolute atomic E-state index is 0.00521. The van der Waals surface area contributed by atoms with Crippen molar-refractivity contribution in [3.63, 3.8) is 0 Å². The van der Waals surface area contributed by atoms with Crippen LogP contribution in [0.25, 0.3) is 0 Å². The molecule has 104 valence electrons. The lowest BCUT2D eigenvalue weighted by Crippen LogP contribution is -2.39. The highest BCUT2D eigenvalue weighted by molar-refractivity contribution is 6.05. The number of rotatable bonds is 4. The second-order valence-electron chi connectivity index (χ2n) is 5.15. The molecule has 1 aliphatic heterocycles. The van der Waals surface area contributed by atoms with Crippen LogP contribution in [0.15, 0.2) is 18.2 Å². The molecule has 2 aliphatic rings. The molecule has 1 aromatic carbocycles. The van der Waals surface area contributed by atoms with E-state index in [-0.39, 0.29) is 36.4 Å². The van der Waals surface area contributed by atoms with Gasteiger partial charge in [0.2, 0.25) is 11.8 Å². The Balaban J connectivity index is 1.78. The normalized spacial score (nSPS) is 17.0. The first kappa shape index (κ1) is 12.7. The second-order valence-corrected chi connectivity index (χ2v) is 5.15. The fourth-order valence-corrected chi connectivity index (χ4v) is 2.33. The number of carbonyl (C=O) groups excluding carboxylic acids is 2. The molecule has 0 bridgehead atoms. The van der Waals surface area contributed by atoms with Crippen LogP contribution in [-0.2, 0) is 16.0 Å². The van der Waals surface area contributed by atoms with Crippen LogP contribution < -0.4 is 10.2 Å².